The molecule has 0 aliphatic carbocycles. The summed E-state index contributed by atoms with van der Waals surface area (Å²) in [6.45, 7) is 9.43. The van der Waals surface area contributed by atoms with Crippen LogP contribution < -0.4 is 16.2 Å². The molecule has 2 aromatic rings. The molecule has 42 heavy (non-hydrogen) atoms. The van der Waals surface area contributed by atoms with Crippen LogP contribution in [-0.2, 0) is 16.1 Å². The van der Waals surface area contributed by atoms with Crippen LogP contribution in [0.5, 0.6) is 0 Å². The van der Waals surface area contributed by atoms with Crippen LogP contribution in [0.1, 0.15) is 61.2 Å². The maximum absolute atomic E-state index is 14.2. The lowest BCUT2D eigenvalue weighted by Crippen LogP contribution is -2.61. The van der Waals surface area contributed by atoms with Crippen LogP contribution in [0.3, 0.4) is 0 Å². The third-order valence-corrected chi connectivity index (χ3v) is 5.98. The fraction of sp³-hybridized carbons (Fsp3) is 0.370. The summed E-state index contributed by atoms with van der Waals surface area (Å²) in [5, 5.41) is 14.3. The van der Waals surface area contributed by atoms with Gasteiger partial charge in [-0.25, -0.2) is 13.8 Å². The Morgan fingerprint density at radius 3 is 2.29 bits per heavy atom. The van der Waals surface area contributed by atoms with Gasteiger partial charge in [-0.3, -0.25) is 30.6 Å². The molecule has 2 rings (SSSR count). The van der Waals surface area contributed by atoms with Gasteiger partial charge in [0.2, 0.25) is 11.3 Å². The molecule has 15 heteroatoms. The standard InChI is InChI=1S/C27H30F5N5O5/c1-5-7-14-25(3,4)34-22-18(21(28)29)15-19(37(40)41)20(33-22)23(38)35-36-24(39)26(13-6-2,27(30,31)32)42-16-17-11-9-8-10-12-17/h5-6,8-12,15,21H,1-2,7,13-14,16H2,3-4H3,(H,33,34)(H,35,38)(H,36,39)/t26-/m1/s1. The third kappa shape index (κ3) is 8.31. The zero-order chi connectivity index (χ0) is 31.7. The van der Waals surface area contributed by atoms with Gasteiger partial charge in [-0.15, -0.1) is 13.2 Å². The van der Waals surface area contributed by atoms with Crippen LogP contribution in [0.15, 0.2) is 61.7 Å². The predicted octanol–water partition coefficient (Wildman–Crippen LogP) is 5.94. The van der Waals surface area contributed by atoms with Crippen molar-refractivity contribution in [3.8, 4) is 0 Å². The molecule has 2 amide bonds. The highest BCUT2D eigenvalue weighted by molar-refractivity contribution is 5.98. The quantitative estimate of drug-likeness (QED) is 0.106. The Hall–Kier alpha value is -4.40. The van der Waals surface area contributed by atoms with Gasteiger partial charge in [0.15, 0.2) is 0 Å². The smallest absolute Gasteiger partial charge is 0.365 e. The number of hydrogen-bond donors (Lipinski definition) is 3. The van der Waals surface area contributed by atoms with Gasteiger partial charge < -0.3 is 10.1 Å². The second-order valence-electron chi connectivity index (χ2n) is 9.69. The van der Waals surface area contributed by atoms with Crippen LogP contribution in [0.4, 0.5) is 33.5 Å². The number of halogens is 5. The summed E-state index contributed by atoms with van der Waals surface area (Å²) >= 11 is 0. The molecule has 0 unspecified atom stereocenters. The molecule has 0 aliphatic heterocycles. The molecule has 0 aliphatic rings. The molecule has 0 bridgehead atoms. The van der Waals surface area contributed by atoms with E-state index in [4.69, 9.17) is 4.74 Å². The van der Waals surface area contributed by atoms with E-state index in [9.17, 15) is 41.7 Å². The highest BCUT2D eigenvalue weighted by Crippen LogP contribution is 2.38. The van der Waals surface area contributed by atoms with E-state index in [1.807, 2.05) is 0 Å². The minimum Gasteiger partial charge on any atom is -0.365 e. The lowest BCUT2D eigenvalue weighted by molar-refractivity contribution is -0.385. The van der Waals surface area contributed by atoms with Gasteiger partial charge >= 0.3 is 11.9 Å². The van der Waals surface area contributed by atoms with Crippen molar-refractivity contribution in [2.24, 2.45) is 0 Å². The Kier molecular flexibility index (Phi) is 11.3. The molecule has 1 aromatic carbocycles. The van der Waals surface area contributed by atoms with Crippen molar-refractivity contribution in [3.05, 3.63) is 88.6 Å². The number of nitrogens with zero attached hydrogens (tertiary/aromatic N) is 2. The van der Waals surface area contributed by atoms with Crippen molar-refractivity contribution in [1.29, 1.82) is 0 Å². The molecule has 10 nitrogen and oxygen atoms in total. The third-order valence-electron chi connectivity index (χ3n) is 5.98. The lowest BCUT2D eigenvalue weighted by Gasteiger charge is -2.33. The Morgan fingerprint density at radius 1 is 1.12 bits per heavy atom. The van der Waals surface area contributed by atoms with E-state index in [1.54, 1.807) is 49.0 Å². The number of anilines is 1. The van der Waals surface area contributed by atoms with Crippen molar-refractivity contribution in [2.75, 3.05) is 5.32 Å². The number of nitro groups is 1. The zero-order valence-corrected chi connectivity index (χ0v) is 22.8. The second kappa shape index (κ2) is 14.0. The molecular formula is C27H30F5N5O5. The SMILES string of the molecule is C=CCCC(C)(C)Nc1nc(C(=O)NNC(=O)[C@@](CC=C)(OCc2ccccc2)C(F)(F)F)c([N+](=O)[O-])cc1C(F)F. The number of amides is 2. The first kappa shape index (κ1) is 33.8. The zero-order valence-electron chi connectivity index (χ0n) is 22.8. The van der Waals surface area contributed by atoms with Crippen molar-refractivity contribution in [3.63, 3.8) is 0 Å². The maximum Gasteiger partial charge on any atom is 0.427 e. The van der Waals surface area contributed by atoms with Gasteiger partial charge in [0, 0.05) is 18.0 Å². The highest BCUT2D eigenvalue weighted by Gasteiger charge is 2.61. The largest absolute Gasteiger partial charge is 0.427 e. The average molecular weight is 600 g/mol. The number of allylic oxidation sites excluding steroid dienone is 1. The monoisotopic (exact) mass is 599 g/mol. The fourth-order valence-corrected chi connectivity index (χ4v) is 3.74. The van der Waals surface area contributed by atoms with Gasteiger partial charge in [-0.05, 0) is 32.3 Å². The second-order valence-corrected chi connectivity index (χ2v) is 9.69. The predicted molar refractivity (Wildman–Crippen MR) is 143 cm³/mol. The van der Waals surface area contributed by atoms with Crippen molar-refractivity contribution in [1.82, 2.24) is 15.8 Å². The molecule has 0 saturated heterocycles. The van der Waals surface area contributed by atoms with Gasteiger partial charge in [0.05, 0.1) is 17.1 Å². The van der Waals surface area contributed by atoms with Crippen LogP contribution in [0.2, 0.25) is 0 Å². The van der Waals surface area contributed by atoms with E-state index in [-0.39, 0.29) is 0 Å². The van der Waals surface area contributed by atoms with Gasteiger partial charge in [0.25, 0.3) is 18.2 Å². The Labute approximate surface area is 238 Å². The number of alkyl halides is 5. The summed E-state index contributed by atoms with van der Waals surface area (Å²) in [4.78, 5) is 39.9. The average Bonchev–Trinajstić information content (AvgIpc) is 2.91. The summed E-state index contributed by atoms with van der Waals surface area (Å²) in [6, 6.07) is 8.08. The van der Waals surface area contributed by atoms with Crippen LogP contribution in [0, 0.1) is 10.1 Å². The van der Waals surface area contributed by atoms with Gasteiger partial charge in [0.1, 0.15) is 5.82 Å². The highest BCUT2D eigenvalue weighted by atomic mass is 19.4. The van der Waals surface area contributed by atoms with Crippen molar-refractivity contribution >= 4 is 23.3 Å². The number of carbonyl (C=O) groups excluding carboxylic acids is 2. The van der Waals surface area contributed by atoms with E-state index in [0.29, 0.717) is 24.5 Å². The first-order chi connectivity index (χ1) is 19.6. The van der Waals surface area contributed by atoms with E-state index < -0.39 is 76.3 Å². The van der Waals surface area contributed by atoms with Crippen LogP contribution in [0.25, 0.3) is 0 Å². The Balaban J connectivity index is 2.43. The molecule has 228 valence electrons. The van der Waals surface area contributed by atoms with Gasteiger partial charge in [-0.2, -0.15) is 13.2 Å². The molecule has 0 fully saturated rings. The molecule has 1 atom stereocenters. The Morgan fingerprint density at radius 2 is 1.76 bits per heavy atom. The summed E-state index contributed by atoms with van der Waals surface area (Å²) in [7, 11) is 0. The number of hydrazine groups is 1. The van der Waals surface area contributed by atoms with E-state index in [0.717, 1.165) is 6.08 Å². The normalized spacial score (nSPS) is 13.1. The molecule has 3 N–H and O–H groups in total. The minimum absolute atomic E-state index is 0.307. The Bertz CT molecular complexity index is 1300. The number of carbonyl (C=O) groups is 2. The maximum atomic E-state index is 14.2. The number of aromatic nitrogens is 1. The number of pyridine rings is 1. The van der Waals surface area contributed by atoms with Crippen LogP contribution in [-0.4, -0.2) is 39.0 Å². The first-order valence-corrected chi connectivity index (χ1v) is 12.4. The van der Waals surface area contributed by atoms with Crippen LogP contribution >= 0.6 is 0 Å². The molecule has 0 saturated carbocycles. The number of nitrogens with one attached hydrogen (secondary N) is 3. The van der Waals surface area contributed by atoms with Crippen molar-refractivity contribution in [2.45, 2.75) is 63.5 Å². The summed E-state index contributed by atoms with van der Waals surface area (Å²) in [5.74, 6) is -3.97. The number of ether oxygens (including phenoxy) is 1. The van der Waals surface area contributed by atoms with E-state index in [1.165, 1.54) is 12.1 Å². The molecule has 0 radical (unpaired) electrons. The molecule has 1 aromatic heterocycles. The topological polar surface area (TPSA) is 135 Å². The van der Waals surface area contributed by atoms with E-state index >= 15 is 0 Å². The molecular weight excluding hydrogens is 569 g/mol. The minimum atomic E-state index is -5.30. The summed E-state index contributed by atoms with van der Waals surface area (Å²) < 4.78 is 75.3. The van der Waals surface area contributed by atoms with Crippen molar-refractivity contribution < 1.29 is 41.2 Å². The molecule has 1 heterocycles. The number of hydrogen-bond acceptors (Lipinski definition) is 7. The lowest BCUT2D eigenvalue weighted by atomic mass is 9.97. The fourth-order valence-electron chi connectivity index (χ4n) is 3.74. The van der Waals surface area contributed by atoms with E-state index in [2.05, 4.69) is 23.5 Å². The summed E-state index contributed by atoms with van der Waals surface area (Å²) in [5.41, 5.74) is -3.97. The van der Waals surface area contributed by atoms with Gasteiger partial charge in [-0.1, -0.05) is 42.5 Å². The number of rotatable bonds is 14. The molecule has 0 spiro atoms. The number of benzene rings is 1. The first-order valence-electron chi connectivity index (χ1n) is 12.4. The summed E-state index contributed by atoms with van der Waals surface area (Å²) in [6.07, 6.45) is -6.38.